The van der Waals surface area contributed by atoms with Crippen LogP contribution in [0.2, 0.25) is 0 Å². The van der Waals surface area contributed by atoms with Crippen molar-refractivity contribution in [1.29, 1.82) is 0 Å². The molecule has 1 saturated heterocycles. The van der Waals surface area contributed by atoms with Crippen LogP contribution in [0.15, 0.2) is 35.7 Å². The van der Waals surface area contributed by atoms with Gasteiger partial charge in [-0.2, -0.15) is 0 Å². The topological polar surface area (TPSA) is 40.6 Å². The molecule has 0 aliphatic carbocycles. The van der Waals surface area contributed by atoms with Gasteiger partial charge in [-0.25, -0.2) is 0 Å². The predicted octanol–water partition coefficient (Wildman–Crippen LogP) is 3.63. The Morgan fingerprint density at radius 2 is 2.12 bits per heavy atom. The van der Waals surface area contributed by atoms with E-state index < -0.39 is 0 Å². The summed E-state index contributed by atoms with van der Waals surface area (Å²) < 4.78 is 0. The molecule has 4 rings (SSSR count). The number of carbonyl (C=O) groups excluding carboxylic acids is 2. The Kier molecular flexibility index (Phi) is 4.34. The minimum absolute atomic E-state index is 0.0824. The van der Waals surface area contributed by atoms with Crippen LogP contribution in [0.1, 0.15) is 52.2 Å². The molecule has 1 unspecified atom stereocenters. The summed E-state index contributed by atoms with van der Waals surface area (Å²) in [5.74, 6) is 0.297. The molecule has 4 nitrogen and oxygen atoms in total. The first kappa shape index (κ1) is 16.3. The zero-order valence-corrected chi connectivity index (χ0v) is 15.2. The van der Waals surface area contributed by atoms with Crippen LogP contribution in [0, 0.1) is 0 Å². The second-order valence-corrected chi connectivity index (χ2v) is 7.84. The van der Waals surface area contributed by atoms with Gasteiger partial charge in [0.15, 0.2) is 0 Å². The summed E-state index contributed by atoms with van der Waals surface area (Å²) in [7, 11) is 0. The highest BCUT2D eigenvalue weighted by Gasteiger charge is 2.29. The SMILES string of the molecule is CC1c2ccsc2CCN1C(=O)c1cccc(CN2CCCC2=O)c1. The van der Waals surface area contributed by atoms with Crippen LogP contribution in [-0.2, 0) is 17.8 Å². The number of likely N-dealkylation sites (tertiary alicyclic amines) is 1. The largest absolute Gasteiger partial charge is 0.338 e. The van der Waals surface area contributed by atoms with Gasteiger partial charge in [-0.05, 0) is 54.5 Å². The smallest absolute Gasteiger partial charge is 0.254 e. The second-order valence-electron chi connectivity index (χ2n) is 6.84. The summed E-state index contributed by atoms with van der Waals surface area (Å²) in [6.07, 6.45) is 2.52. The van der Waals surface area contributed by atoms with E-state index in [1.54, 1.807) is 11.3 Å². The lowest BCUT2D eigenvalue weighted by atomic mass is 10.00. The Labute approximate surface area is 152 Å². The van der Waals surface area contributed by atoms with Crippen molar-refractivity contribution in [2.75, 3.05) is 13.1 Å². The number of nitrogens with zero attached hydrogens (tertiary/aromatic N) is 2. The molecule has 0 radical (unpaired) electrons. The molecule has 0 bridgehead atoms. The second kappa shape index (κ2) is 6.64. The van der Waals surface area contributed by atoms with E-state index in [2.05, 4.69) is 18.4 Å². The van der Waals surface area contributed by atoms with Crippen LogP contribution in [-0.4, -0.2) is 34.7 Å². The van der Waals surface area contributed by atoms with E-state index in [4.69, 9.17) is 0 Å². The number of hydrogen-bond donors (Lipinski definition) is 0. The molecule has 2 aromatic rings. The average molecular weight is 354 g/mol. The van der Waals surface area contributed by atoms with Crippen molar-refractivity contribution in [1.82, 2.24) is 9.80 Å². The molecule has 5 heteroatoms. The van der Waals surface area contributed by atoms with Crippen molar-refractivity contribution >= 4 is 23.2 Å². The predicted molar refractivity (Wildman–Crippen MR) is 98.6 cm³/mol. The molecule has 0 saturated carbocycles. The third kappa shape index (κ3) is 3.09. The summed E-state index contributed by atoms with van der Waals surface area (Å²) in [5.41, 5.74) is 3.03. The molecule has 3 heterocycles. The molecule has 1 fully saturated rings. The number of carbonyl (C=O) groups is 2. The molecular weight excluding hydrogens is 332 g/mol. The first-order valence-electron chi connectivity index (χ1n) is 8.87. The standard InChI is InChI=1S/C20H22N2O2S/c1-14-17-8-11-25-18(17)7-10-22(14)20(24)16-5-2-4-15(12-16)13-21-9-3-6-19(21)23/h2,4-5,8,11-12,14H,3,6-7,9-10,13H2,1H3. The van der Waals surface area contributed by atoms with Crippen LogP contribution in [0.3, 0.4) is 0 Å². The van der Waals surface area contributed by atoms with E-state index in [0.29, 0.717) is 13.0 Å². The van der Waals surface area contributed by atoms with Gasteiger partial charge in [-0.15, -0.1) is 11.3 Å². The van der Waals surface area contributed by atoms with E-state index >= 15 is 0 Å². The van der Waals surface area contributed by atoms with Gasteiger partial charge < -0.3 is 9.80 Å². The Morgan fingerprint density at radius 1 is 1.24 bits per heavy atom. The van der Waals surface area contributed by atoms with Crippen LogP contribution >= 0.6 is 11.3 Å². The highest BCUT2D eigenvalue weighted by atomic mass is 32.1. The zero-order valence-electron chi connectivity index (χ0n) is 14.4. The fourth-order valence-electron chi connectivity index (χ4n) is 3.85. The first-order valence-corrected chi connectivity index (χ1v) is 9.75. The maximum atomic E-state index is 13.0. The Bertz CT molecular complexity index is 814. The number of fused-ring (bicyclic) bond motifs is 1. The van der Waals surface area contributed by atoms with Crippen LogP contribution in [0.4, 0.5) is 0 Å². The van der Waals surface area contributed by atoms with E-state index in [1.807, 2.05) is 34.1 Å². The minimum atomic E-state index is 0.0824. The third-order valence-electron chi connectivity index (χ3n) is 5.26. The molecule has 2 aliphatic rings. The van der Waals surface area contributed by atoms with E-state index in [9.17, 15) is 9.59 Å². The van der Waals surface area contributed by atoms with E-state index in [0.717, 1.165) is 37.1 Å². The Balaban J connectivity index is 1.53. The number of benzene rings is 1. The maximum absolute atomic E-state index is 13.0. The fraction of sp³-hybridized carbons (Fsp3) is 0.400. The lowest BCUT2D eigenvalue weighted by Crippen LogP contribution is -2.38. The van der Waals surface area contributed by atoms with Gasteiger partial charge in [0.1, 0.15) is 0 Å². The molecule has 0 N–H and O–H groups in total. The minimum Gasteiger partial charge on any atom is -0.338 e. The Morgan fingerprint density at radius 3 is 2.92 bits per heavy atom. The highest BCUT2D eigenvalue weighted by Crippen LogP contribution is 2.33. The van der Waals surface area contributed by atoms with Gasteiger partial charge in [0.05, 0.1) is 6.04 Å². The fourth-order valence-corrected chi connectivity index (χ4v) is 4.81. The highest BCUT2D eigenvalue weighted by molar-refractivity contribution is 7.10. The van der Waals surface area contributed by atoms with Crippen LogP contribution in [0.5, 0.6) is 0 Å². The number of thiophene rings is 1. The molecule has 1 aromatic heterocycles. The van der Waals surface area contributed by atoms with Gasteiger partial charge in [0.2, 0.25) is 5.91 Å². The van der Waals surface area contributed by atoms with Crippen LogP contribution < -0.4 is 0 Å². The third-order valence-corrected chi connectivity index (χ3v) is 6.25. The summed E-state index contributed by atoms with van der Waals surface area (Å²) in [6, 6.07) is 10.0. The van der Waals surface area contributed by atoms with Crippen molar-refractivity contribution in [2.45, 2.75) is 38.8 Å². The molecule has 2 aliphatic heterocycles. The monoisotopic (exact) mass is 354 g/mol. The van der Waals surface area contributed by atoms with Crippen molar-refractivity contribution in [3.8, 4) is 0 Å². The normalized spacial score (nSPS) is 20.0. The van der Waals surface area contributed by atoms with Crippen molar-refractivity contribution in [3.05, 3.63) is 57.3 Å². The molecular formula is C20H22N2O2S. The molecule has 0 spiro atoms. The van der Waals surface area contributed by atoms with Crippen molar-refractivity contribution in [2.24, 2.45) is 0 Å². The van der Waals surface area contributed by atoms with E-state index in [-0.39, 0.29) is 17.9 Å². The van der Waals surface area contributed by atoms with Gasteiger partial charge in [-0.3, -0.25) is 9.59 Å². The lowest BCUT2D eigenvalue weighted by Gasteiger charge is -2.33. The quantitative estimate of drug-likeness (QED) is 0.844. The summed E-state index contributed by atoms with van der Waals surface area (Å²) in [6.45, 7) is 4.29. The lowest BCUT2D eigenvalue weighted by molar-refractivity contribution is -0.128. The van der Waals surface area contributed by atoms with Gasteiger partial charge in [0, 0.05) is 36.5 Å². The Hall–Kier alpha value is -2.14. The van der Waals surface area contributed by atoms with Crippen LogP contribution in [0.25, 0.3) is 0 Å². The summed E-state index contributed by atoms with van der Waals surface area (Å²) in [4.78, 5) is 30.1. The number of amides is 2. The van der Waals surface area contributed by atoms with Gasteiger partial charge in [-0.1, -0.05) is 12.1 Å². The molecule has 130 valence electrons. The first-order chi connectivity index (χ1) is 12.1. The van der Waals surface area contributed by atoms with Gasteiger partial charge >= 0.3 is 0 Å². The number of hydrogen-bond acceptors (Lipinski definition) is 3. The average Bonchev–Trinajstić information content (AvgIpc) is 3.25. The van der Waals surface area contributed by atoms with Crippen molar-refractivity contribution < 1.29 is 9.59 Å². The zero-order chi connectivity index (χ0) is 17.4. The maximum Gasteiger partial charge on any atom is 0.254 e. The molecule has 1 aromatic carbocycles. The molecule has 25 heavy (non-hydrogen) atoms. The molecule has 1 atom stereocenters. The van der Waals surface area contributed by atoms with Gasteiger partial charge in [0.25, 0.3) is 5.91 Å². The summed E-state index contributed by atoms with van der Waals surface area (Å²) >= 11 is 1.78. The van der Waals surface area contributed by atoms with Crippen molar-refractivity contribution in [3.63, 3.8) is 0 Å². The summed E-state index contributed by atoms with van der Waals surface area (Å²) in [5, 5.41) is 2.11. The van der Waals surface area contributed by atoms with E-state index in [1.165, 1.54) is 10.4 Å². The number of rotatable bonds is 3. The molecule has 2 amide bonds.